The second-order valence-electron chi connectivity index (χ2n) is 4.93. The van der Waals surface area contributed by atoms with Crippen LogP contribution in [0.4, 0.5) is 0 Å². The van der Waals surface area contributed by atoms with Crippen molar-refractivity contribution in [3.8, 4) is 21.7 Å². The first-order chi connectivity index (χ1) is 10.3. The molecule has 0 atom stereocenters. The van der Waals surface area contributed by atoms with Crippen molar-refractivity contribution < 1.29 is 0 Å². The van der Waals surface area contributed by atoms with Crippen molar-refractivity contribution in [2.45, 2.75) is 6.92 Å². The second-order valence-corrected chi connectivity index (χ2v) is 6.68. The molecule has 0 aliphatic carbocycles. The van der Waals surface area contributed by atoms with Crippen molar-refractivity contribution in [2.24, 2.45) is 0 Å². The summed E-state index contributed by atoms with van der Waals surface area (Å²) in [5, 5.41) is 0. The number of hydrogen-bond donors (Lipinski definition) is 0. The highest BCUT2D eigenvalue weighted by Gasteiger charge is 2.12. The lowest BCUT2D eigenvalue weighted by atomic mass is 10.0. The molecular formula is C17H12N2S2. The van der Waals surface area contributed by atoms with E-state index in [9.17, 15) is 0 Å². The summed E-state index contributed by atoms with van der Waals surface area (Å²) in [5.41, 5.74) is 9.58. The Morgan fingerprint density at radius 2 is 1.76 bits per heavy atom. The predicted molar refractivity (Wildman–Crippen MR) is 90.9 cm³/mol. The molecule has 21 heavy (non-hydrogen) atoms. The van der Waals surface area contributed by atoms with Crippen LogP contribution in [0.15, 0.2) is 53.5 Å². The maximum Gasteiger partial charge on any atom is 0.0890 e. The Hall–Kier alpha value is -2.04. The van der Waals surface area contributed by atoms with Gasteiger partial charge in [0.1, 0.15) is 0 Å². The summed E-state index contributed by atoms with van der Waals surface area (Å²) in [6.45, 7) is 2.11. The van der Waals surface area contributed by atoms with Crippen LogP contribution in [0.25, 0.3) is 31.9 Å². The molecule has 2 aromatic heterocycles. The Morgan fingerprint density at radius 1 is 0.857 bits per heavy atom. The maximum atomic E-state index is 4.58. The van der Waals surface area contributed by atoms with Gasteiger partial charge in [-0.05, 0) is 30.7 Å². The molecule has 0 amide bonds. The Bertz CT molecular complexity index is 921. The Balaban J connectivity index is 1.88. The molecule has 2 nitrogen and oxygen atoms in total. The van der Waals surface area contributed by atoms with E-state index in [-0.39, 0.29) is 0 Å². The van der Waals surface area contributed by atoms with E-state index >= 15 is 0 Å². The second kappa shape index (κ2) is 5.06. The maximum absolute atomic E-state index is 4.58. The van der Waals surface area contributed by atoms with Crippen LogP contribution in [0.5, 0.6) is 0 Å². The number of thiazole rings is 2. The minimum Gasteiger partial charge on any atom is -0.245 e. The lowest BCUT2D eigenvalue weighted by molar-refractivity contribution is 1.39. The zero-order valence-electron chi connectivity index (χ0n) is 11.4. The molecule has 0 aliphatic rings. The minimum absolute atomic E-state index is 1.06. The monoisotopic (exact) mass is 308 g/mol. The quantitative estimate of drug-likeness (QED) is 0.496. The average molecular weight is 308 g/mol. The van der Waals surface area contributed by atoms with Gasteiger partial charge in [-0.2, -0.15) is 0 Å². The molecule has 0 unspecified atom stereocenters. The Kier molecular flexibility index (Phi) is 3.05. The molecule has 0 fully saturated rings. The van der Waals surface area contributed by atoms with Crippen LogP contribution < -0.4 is 0 Å². The smallest absolute Gasteiger partial charge is 0.0890 e. The van der Waals surface area contributed by atoms with Gasteiger partial charge in [0.15, 0.2) is 0 Å². The van der Waals surface area contributed by atoms with Gasteiger partial charge >= 0.3 is 0 Å². The van der Waals surface area contributed by atoms with E-state index < -0.39 is 0 Å². The molecule has 4 heteroatoms. The lowest BCUT2D eigenvalue weighted by Gasteiger charge is -2.04. The van der Waals surface area contributed by atoms with Crippen LogP contribution in [-0.4, -0.2) is 9.97 Å². The van der Waals surface area contributed by atoms with Gasteiger partial charge in [-0.15, -0.1) is 22.7 Å². The summed E-state index contributed by atoms with van der Waals surface area (Å²) in [4.78, 5) is 10.1. The fourth-order valence-electron chi connectivity index (χ4n) is 2.45. The van der Waals surface area contributed by atoms with Crippen molar-refractivity contribution in [3.05, 3.63) is 59.0 Å². The molecule has 0 radical (unpaired) electrons. The lowest BCUT2D eigenvalue weighted by Crippen LogP contribution is -1.83. The van der Waals surface area contributed by atoms with Gasteiger partial charge in [0.25, 0.3) is 0 Å². The third-order valence-corrected chi connectivity index (χ3v) is 5.12. The summed E-state index contributed by atoms with van der Waals surface area (Å²) < 4.78 is 1.22. The Labute approximate surface area is 130 Å². The van der Waals surface area contributed by atoms with E-state index in [1.54, 1.807) is 22.7 Å². The van der Waals surface area contributed by atoms with Crippen LogP contribution in [0.2, 0.25) is 0 Å². The summed E-state index contributed by atoms with van der Waals surface area (Å²) in [7, 11) is 0. The molecule has 2 heterocycles. The first-order valence-corrected chi connectivity index (χ1v) is 8.41. The normalized spacial score (nSPS) is 11.1. The topological polar surface area (TPSA) is 25.8 Å². The van der Waals surface area contributed by atoms with E-state index in [0.29, 0.717) is 0 Å². The first kappa shape index (κ1) is 12.7. The van der Waals surface area contributed by atoms with Gasteiger partial charge in [-0.1, -0.05) is 29.8 Å². The fourth-order valence-corrected chi connectivity index (χ4v) is 3.97. The van der Waals surface area contributed by atoms with Crippen LogP contribution >= 0.6 is 22.7 Å². The number of aromatic nitrogens is 2. The zero-order chi connectivity index (χ0) is 14.2. The first-order valence-electron chi connectivity index (χ1n) is 6.65. The van der Waals surface area contributed by atoms with Crippen LogP contribution in [0, 0.1) is 6.92 Å². The van der Waals surface area contributed by atoms with Gasteiger partial charge in [-0.25, -0.2) is 9.97 Å². The molecule has 0 N–H and O–H groups in total. The molecule has 0 aliphatic heterocycles. The van der Waals surface area contributed by atoms with Crippen LogP contribution in [0.3, 0.4) is 0 Å². The predicted octanol–water partition coefficient (Wildman–Crippen LogP) is 5.40. The summed E-state index contributed by atoms with van der Waals surface area (Å²) >= 11 is 3.36. The number of benzene rings is 2. The molecule has 2 aromatic carbocycles. The highest BCUT2D eigenvalue weighted by atomic mass is 32.1. The summed E-state index contributed by atoms with van der Waals surface area (Å²) in [6.07, 6.45) is 0. The third-order valence-electron chi connectivity index (χ3n) is 3.45. The molecule has 0 spiro atoms. The van der Waals surface area contributed by atoms with E-state index in [0.717, 1.165) is 11.2 Å². The molecule has 0 saturated heterocycles. The van der Waals surface area contributed by atoms with Crippen LogP contribution in [-0.2, 0) is 0 Å². The van der Waals surface area contributed by atoms with Crippen molar-refractivity contribution in [1.82, 2.24) is 9.97 Å². The molecule has 4 aromatic rings. The highest BCUT2D eigenvalue weighted by Crippen LogP contribution is 2.36. The molecule has 102 valence electrons. The van der Waals surface area contributed by atoms with Crippen molar-refractivity contribution in [1.29, 1.82) is 0 Å². The largest absolute Gasteiger partial charge is 0.245 e. The highest BCUT2D eigenvalue weighted by molar-refractivity contribution is 7.17. The van der Waals surface area contributed by atoms with Gasteiger partial charge in [-0.3, -0.25) is 0 Å². The standard InChI is InChI=1S/C17H12N2S2/c1-11-3-2-4-12(7-11)16-17(21-10-19-16)13-5-6-14-15(8-13)20-9-18-14/h2-10H,1H3. The van der Waals surface area contributed by atoms with Crippen molar-refractivity contribution >= 4 is 32.9 Å². The molecule has 0 bridgehead atoms. The van der Waals surface area contributed by atoms with E-state index in [1.165, 1.54) is 26.3 Å². The summed E-state index contributed by atoms with van der Waals surface area (Å²) in [5.74, 6) is 0. The van der Waals surface area contributed by atoms with Gasteiger partial charge in [0.05, 0.1) is 31.8 Å². The van der Waals surface area contributed by atoms with Crippen LogP contribution in [0.1, 0.15) is 5.56 Å². The molecular weight excluding hydrogens is 296 g/mol. The number of aryl methyl sites for hydroxylation is 1. The number of fused-ring (bicyclic) bond motifs is 1. The zero-order valence-corrected chi connectivity index (χ0v) is 13.0. The van der Waals surface area contributed by atoms with Crippen molar-refractivity contribution in [3.63, 3.8) is 0 Å². The van der Waals surface area contributed by atoms with Gasteiger partial charge < -0.3 is 0 Å². The fraction of sp³-hybridized carbons (Fsp3) is 0.0588. The summed E-state index contributed by atoms with van der Waals surface area (Å²) in [6, 6.07) is 14.9. The van der Waals surface area contributed by atoms with E-state index in [4.69, 9.17) is 0 Å². The molecule has 0 saturated carbocycles. The third kappa shape index (κ3) is 2.26. The SMILES string of the molecule is Cc1cccc(-c2ncsc2-c2ccc3ncsc3c2)c1. The number of nitrogens with zero attached hydrogens (tertiary/aromatic N) is 2. The number of rotatable bonds is 2. The van der Waals surface area contributed by atoms with E-state index in [2.05, 4.69) is 59.4 Å². The van der Waals surface area contributed by atoms with Crippen molar-refractivity contribution in [2.75, 3.05) is 0 Å². The number of hydrogen-bond acceptors (Lipinski definition) is 4. The molecule has 4 rings (SSSR count). The Morgan fingerprint density at radius 3 is 2.67 bits per heavy atom. The van der Waals surface area contributed by atoms with E-state index in [1.807, 2.05) is 11.0 Å². The minimum atomic E-state index is 1.06. The van der Waals surface area contributed by atoms with Gasteiger partial charge in [0, 0.05) is 5.56 Å². The van der Waals surface area contributed by atoms with Gasteiger partial charge in [0.2, 0.25) is 0 Å². The average Bonchev–Trinajstić information content (AvgIpc) is 3.15.